The Morgan fingerprint density at radius 3 is 2.56 bits per heavy atom. The van der Waals surface area contributed by atoms with Crippen LogP contribution in [0.3, 0.4) is 0 Å². The van der Waals surface area contributed by atoms with E-state index in [1.54, 1.807) is 13.2 Å². The van der Waals surface area contributed by atoms with E-state index >= 15 is 0 Å². The molecule has 1 aromatic carbocycles. The first-order valence-electron chi connectivity index (χ1n) is 8.26. The van der Waals surface area contributed by atoms with Crippen LogP contribution in [-0.2, 0) is 18.3 Å². The molecule has 2 heterocycles. The highest BCUT2D eigenvalue weighted by atomic mass is 79.9. The molecule has 0 bridgehead atoms. The Hall–Kier alpha value is -2.15. The molecule has 0 spiro atoms. The second-order valence-corrected chi connectivity index (χ2v) is 7.04. The number of hydrogen-bond acceptors (Lipinski definition) is 4. The zero-order valence-electron chi connectivity index (χ0n) is 14.4. The van der Waals surface area contributed by atoms with Gasteiger partial charge in [0.25, 0.3) is 5.56 Å². The van der Waals surface area contributed by atoms with E-state index in [2.05, 4.69) is 25.9 Å². The van der Waals surface area contributed by atoms with E-state index < -0.39 is 0 Å². The number of carbonyl (C=O) groups is 1. The molecule has 0 atom stereocenters. The second kappa shape index (κ2) is 7.39. The highest BCUT2D eigenvalue weighted by Crippen LogP contribution is 2.23. The van der Waals surface area contributed by atoms with Crippen LogP contribution < -0.4 is 10.5 Å². The molecule has 1 aromatic heterocycles. The molecule has 1 amide bonds. The third kappa shape index (κ3) is 3.76. The minimum Gasteiger partial charge on any atom is -0.366 e. The Kier molecular flexibility index (Phi) is 5.22. The van der Waals surface area contributed by atoms with Gasteiger partial charge in [0.1, 0.15) is 4.47 Å². The molecule has 6 nitrogen and oxygen atoms in total. The quantitative estimate of drug-likeness (QED) is 0.781. The van der Waals surface area contributed by atoms with Crippen molar-refractivity contribution in [3.63, 3.8) is 0 Å². The molecule has 1 saturated heterocycles. The number of benzene rings is 1. The summed E-state index contributed by atoms with van der Waals surface area (Å²) < 4.78 is 1.82. The average Bonchev–Trinajstić information content (AvgIpc) is 2.62. The summed E-state index contributed by atoms with van der Waals surface area (Å²) in [5.74, 6) is 0.148. The van der Waals surface area contributed by atoms with E-state index in [0.717, 1.165) is 16.8 Å². The Labute approximate surface area is 155 Å². The molecule has 0 saturated carbocycles. The lowest BCUT2D eigenvalue weighted by molar-refractivity contribution is -0.130. The van der Waals surface area contributed by atoms with Crippen LogP contribution in [0.4, 0.5) is 5.69 Å². The van der Waals surface area contributed by atoms with Crippen LogP contribution in [0.5, 0.6) is 0 Å². The van der Waals surface area contributed by atoms with Gasteiger partial charge in [0.2, 0.25) is 5.91 Å². The molecule has 0 unspecified atom stereocenters. The van der Waals surface area contributed by atoms with Crippen molar-refractivity contribution < 1.29 is 4.79 Å². The van der Waals surface area contributed by atoms with Gasteiger partial charge >= 0.3 is 0 Å². The number of amides is 1. The van der Waals surface area contributed by atoms with Gasteiger partial charge in [-0.2, -0.15) is 5.10 Å². The molecular weight excluding hydrogens is 384 g/mol. The summed E-state index contributed by atoms with van der Waals surface area (Å²) in [6.07, 6.45) is 2.13. The number of hydrogen-bond donors (Lipinski definition) is 0. The van der Waals surface area contributed by atoms with Crippen LogP contribution in [0, 0.1) is 6.92 Å². The zero-order valence-corrected chi connectivity index (χ0v) is 16.0. The van der Waals surface area contributed by atoms with E-state index in [1.165, 1.54) is 4.68 Å². The highest BCUT2D eigenvalue weighted by molar-refractivity contribution is 9.10. The molecule has 7 heteroatoms. The van der Waals surface area contributed by atoms with Crippen molar-refractivity contribution in [3.05, 3.63) is 56.4 Å². The topological polar surface area (TPSA) is 58.4 Å². The van der Waals surface area contributed by atoms with Gasteiger partial charge in [-0.1, -0.05) is 24.3 Å². The van der Waals surface area contributed by atoms with Gasteiger partial charge in [-0.25, -0.2) is 4.68 Å². The first-order chi connectivity index (χ1) is 12.0. The van der Waals surface area contributed by atoms with Crippen LogP contribution in [-0.4, -0.2) is 46.8 Å². The van der Waals surface area contributed by atoms with E-state index in [4.69, 9.17) is 0 Å². The lowest BCUT2D eigenvalue weighted by Gasteiger charge is -2.36. The Balaban J connectivity index is 1.64. The van der Waals surface area contributed by atoms with Gasteiger partial charge in [0.05, 0.1) is 18.3 Å². The van der Waals surface area contributed by atoms with Crippen LogP contribution in [0.25, 0.3) is 0 Å². The van der Waals surface area contributed by atoms with Crippen molar-refractivity contribution in [3.8, 4) is 0 Å². The minimum absolute atomic E-state index is 0.148. The average molecular weight is 405 g/mol. The molecule has 0 N–H and O–H groups in total. The number of rotatable bonds is 3. The molecular formula is C18H21BrN4O2. The zero-order chi connectivity index (χ0) is 18.0. The second-order valence-electron chi connectivity index (χ2n) is 6.24. The molecule has 25 heavy (non-hydrogen) atoms. The standard InChI is InChI=1S/C18H21BrN4O2/c1-13-5-3-4-6-14(13)11-16(24)23-9-7-22(8-10-23)15-12-20-21(2)18(25)17(15)19/h3-6,12H,7-11H2,1-2H3. The van der Waals surface area contributed by atoms with Crippen LogP contribution >= 0.6 is 15.9 Å². The predicted octanol–water partition coefficient (Wildman–Crippen LogP) is 1.74. The maximum Gasteiger partial charge on any atom is 0.282 e. The normalized spacial score (nSPS) is 14.7. The van der Waals surface area contributed by atoms with Gasteiger partial charge in [0.15, 0.2) is 0 Å². The van der Waals surface area contributed by atoms with E-state index in [0.29, 0.717) is 37.1 Å². The smallest absolute Gasteiger partial charge is 0.282 e. The SMILES string of the molecule is Cc1ccccc1CC(=O)N1CCN(c2cnn(C)c(=O)c2Br)CC1. The van der Waals surface area contributed by atoms with E-state index in [9.17, 15) is 9.59 Å². The van der Waals surface area contributed by atoms with Crippen molar-refractivity contribution in [1.29, 1.82) is 0 Å². The fourth-order valence-electron chi connectivity index (χ4n) is 3.00. The summed E-state index contributed by atoms with van der Waals surface area (Å²) in [7, 11) is 1.62. The van der Waals surface area contributed by atoms with Gasteiger partial charge in [0, 0.05) is 33.2 Å². The number of anilines is 1. The fourth-order valence-corrected chi connectivity index (χ4v) is 3.61. The molecule has 0 aliphatic carbocycles. The van der Waals surface area contributed by atoms with Gasteiger partial charge in [-0.05, 0) is 34.0 Å². The van der Waals surface area contributed by atoms with Gasteiger partial charge in [-0.15, -0.1) is 0 Å². The van der Waals surface area contributed by atoms with Crippen molar-refractivity contribution in [2.45, 2.75) is 13.3 Å². The van der Waals surface area contributed by atoms with Crippen LogP contribution in [0.2, 0.25) is 0 Å². The monoisotopic (exact) mass is 404 g/mol. The third-order valence-electron chi connectivity index (χ3n) is 4.64. The van der Waals surface area contributed by atoms with Crippen LogP contribution in [0.15, 0.2) is 39.7 Å². The van der Waals surface area contributed by atoms with E-state index in [-0.39, 0.29) is 11.5 Å². The summed E-state index contributed by atoms with van der Waals surface area (Å²) >= 11 is 3.37. The van der Waals surface area contributed by atoms with Crippen molar-refractivity contribution in [2.75, 3.05) is 31.1 Å². The number of aryl methyl sites for hydroxylation is 2. The number of aromatic nitrogens is 2. The fraction of sp³-hybridized carbons (Fsp3) is 0.389. The molecule has 1 aliphatic rings. The lowest BCUT2D eigenvalue weighted by atomic mass is 10.1. The minimum atomic E-state index is -0.157. The largest absolute Gasteiger partial charge is 0.366 e. The van der Waals surface area contributed by atoms with Crippen molar-refractivity contribution >= 4 is 27.5 Å². The number of piperazine rings is 1. The summed E-state index contributed by atoms with van der Waals surface area (Å²) in [4.78, 5) is 28.6. The maximum atomic E-state index is 12.6. The summed E-state index contributed by atoms with van der Waals surface area (Å²) in [6.45, 7) is 4.69. The molecule has 3 rings (SSSR count). The first-order valence-corrected chi connectivity index (χ1v) is 9.05. The summed E-state index contributed by atoms with van der Waals surface area (Å²) in [5.41, 5.74) is 2.85. The molecule has 1 aliphatic heterocycles. The Bertz CT molecular complexity index is 841. The number of halogens is 1. The van der Waals surface area contributed by atoms with Crippen molar-refractivity contribution in [1.82, 2.24) is 14.7 Å². The third-order valence-corrected chi connectivity index (χ3v) is 5.38. The molecule has 1 fully saturated rings. The van der Waals surface area contributed by atoms with Crippen molar-refractivity contribution in [2.24, 2.45) is 7.05 Å². The van der Waals surface area contributed by atoms with Gasteiger partial charge < -0.3 is 9.80 Å². The van der Waals surface area contributed by atoms with Gasteiger partial charge in [-0.3, -0.25) is 9.59 Å². The first kappa shape index (κ1) is 17.7. The predicted molar refractivity (Wildman–Crippen MR) is 101 cm³/mol. The highest BCUT2D eigenvalue weighted by Gasteiger charge is 2.23. The molecule has 132 valence electrons. The van der Waals surface area contributed by atoms with E-state index in [1.807, 2.05) is 36.1 Å². The lowest BCUT2D eigenvalue weighted by Crippen LogP contribution is -2.49. The maximum absolute atomic E-state index is 12.6. The summed E-state index contributed by atoms with van der Waals surface area (Å²) in [6, 6.07) is 7.99. The number of carbonyl (C=O) groups excluding carboxylic acids is 1. The van der Waals surface area contributed by atoms with Crippen LogP contribution in [0.1, 0.15) is 11.1 Å². The number of nitrogens with zero attached hydrogens (tertiary/aromatic N) is 4. The molecule has 2 aromatic rings. The summed E-state index contributed by atoms with van der Waals surface area (Å²) in [5, 5.41) is 4.09. The Morgan fingerprint density at radius 2 is 1.88 bits per heavy atom. The molecule has 0 radical (unpaired) electrons. The Morgan fingerprint density at radius 1 is 1.20 bits per heavy atom.